The Bertz CT molecular complexity index is 2110. The van der Waals surface area contributed by atoms with Gasteiger partial charge in [0.05, 0.1) is 33.8 Å². The van der Waals surface area contributed by atoms with Crippen molar-refractivity contribution in [1.29, 1.82) is 0 Å². The van der Waals surface area contributed by atoms with Gasteiger partial charge in [0.1, 0.15) is 5.58 Å². The average molecular weight is 590 g/mol. The average Bonchev–Trinajstić information content (AvgIpc) is 3.56. The van der Waals surface area contributed by atoms with Gasteiger partial charge in [-0.3, -0.25) is 24.1 Å². The molecule has 214 valence electrons. The molecule has 7 rings (SSSR count). The molecule has 0 N–H and O–H groups in total. The second-order valence-electron chi connectivity index (χ2n) is 11.3. The van der Waals surface area contributed by atoms with Gasteiger partial charge in [0.15, 0.2) is 21.9 Å². The minimum absolute atomic E-state index is 0.0330. The monoisotopic (exact) mass is 589 g/mol. The molecule has 43 heavy (non-hydrogen) atoms. The molecular formula is C34H27N3O5S. The largest absolute Gasteiger partial charge is 0.450 e. The summed E-state index contributed by atoms with van der Waals surface area (Å²) in [5.41, 5.74) is 3.18. The summed E-state index contributed by atoms with van der Waals surface area (Å²) in [5, 5.41) is 0.438. The number of carbonyl (C=O) groups excluding carboxylic acids is 3. The van der Waals surface area contributed by atoms with E-state index in [9.17, 15) is 14.4 Å². The van der Waals surface area contributed by atoms with E-state index in [1.54, 1.807) is 36.1 Å². The van der Waals surface area contributed by atoms with Crippen LogP contribution in [0.3, 0.4) is 0 Å². The SMILES string of the molecule is CC(=O)c1sc(N2C(=O)c3oc4cc(C)c(C)cc4c(=O)c3C23C(=O)N(Cc2ccc(C)cc2)c2ccccc23)nc1C. The second-order valence-corrected chi connectivity index (χ2v) is 12.3. The van der Waals surface area contributed by atoms with E-state index in [2.05, 4.69) is 4.98 Å². The molecule has 3 aromatic carbocycles. The van der Waals surface area contributed by atoms with Gasteiger partial charge in [-0.15, -0.1) is 0 Å². The summed E-state index contributed by atoms with van der Waals surface area (Å²) < 4.78 is 6.23. The Hall–Kier alpha value is -4.89. The first kappa shape index (κ1) is 27.0. The van der Waals surface area contributed by atoms with Crippen LogP contribution in [0.2, 0.25) is 0 Å². The number of aromatic nitrogens is 1. The van der Waals surface area contributed by atoms with Gasteiger partial charge >= 0.3 is 0 Å². The van der Waals surface area contributed by atoms with E-state index in [1.807, 2.05) is 57.2 Å². The Morgan fingerprint density at radius 1 is 0.953 bits per heavy atom. The molecule has 0 saturated carbocycles. The molecule has 4 heterocycles. The highest BCUT2D eigenvalue weighted by atomic mass is 32.1. The fourth-order valence-electron chi connectivity index (χ4n) is 6.26. The van der Waals surface area contributed by atoms with Gasteiger partial charge in [0, 0.05) is 12.5 Å². The number of benzene rings is 3. The number of nitrogens with zero attached hydrogens (tertiary/aromatic N) is 3. The predicted octanol–water partition coefficient (Wildman–Crippen LogP) is 6.14. The first-order valence-electron chi connectivity index (χ1n) is 13.9. The first-order valence-corrected chi connectivity index (χ1v) is 14.7. The number of anilines is 2. The number of amides is 2. The van der Waals surface area contributed by atoms with Gasteiger partial charge < -0.3 is 9.32 Å². The standard InChI is InChI=1S/C34H27N3O5S/c1-17-10-12-22(13-11-17)16-36-25-9-7-6-8-24(25)34(32(36)41)27-28(39)23-14-18(2)19(3)15-26(23)42-29(27)31(40)37(34)33-35-20(4)30(43-33)21(5)38/h6-15H,16H2,1-5H3. The second kappa shape index (κ2) is 9.31. The number of hydrogen-bond donors (Lipinski definition) is 0. The minimum Gasteiger partial charge on any atom is -0.450 e. The quantitative estimate of drug-likeness (QED) is 0.234. The van der Waals surface area contributed by atoms with E-state index >= 15 is 4.79 Å². The highest BCUT2D eigenvalue weighted by molar-refractivity contribution is 7.17. The number of thiazole rings is 1. The number of ketones is 1. The summed E-state index contributed by atoms with van der Waals surface area (Å²) in [6.07, 6.45) is 0. The Morgan fingerprint density at radius 3 is 2.35 bits per heavy atom. The number of fused-ring (bicyclic) bond motifs is 5. The number of para-hydroxylation sites is 1. The zero-order valence-corrected chi connectivity index (χ0v) is 25.1. The van der Waals surface area contributed by atoms with E-state index in [-0.39, 0.29) is 39.8 Å². The van der Waals surface area contributed by atoms with Crippen LogP contribution in [0.5, 0.6) is 0 Å². The maximum Gasteiger partial charge on any atom is 0.297 e. The lowest BCUT2D eigenvalue weighted by molar-refractivity contribution is -0.121. The van der Waals surface area contributed by atoms with Gasteiger partial charge in [-0.05, 0) is 62.6 Å². The molecule has 1 spiro atoms. The van der Waals surface area contributed by atoms with Crippen molar-refractivity contribution < 1.29 is 18.8 Å². The van der Waals surface area contributed by atoms with Crippen LogP contribution in [0.4, 0.5) is 10.8 Å². The summed E-state index contributed by atoms with van der Waals surface area (Å²) in [4.78, 5) is 64.4. The molecular weight excluding hydrogens is 562 g/mol. The highest BCUT2D eigenvalue weighted by Crippen LogP contribution is 2.55. The molecule has 0 aliphatic carbocycles. The Kier molecular flexibility index (Phi) is 5.84. The third kappa shape index (κ3) is 3.64. The van der Waals surface area contributed by atoms with Crippen molar-refractivity contribution in [1.82, 2.24) is 4.98 Å². The third-order valence-electron chi connectivity index (χ3n) is 8.50. The van der Waals surface area contributed by atoms with Crippen LogP contribution in [-0.4, -0.2) is 22.6 Å². The van der Waals surface area contributed by atoms with E-state index in [1.165, 1.54) is 11.8 Å². The lowest BCUT2D eigenvalue weighted by Crippen LogP contribution is -2.53. The summed E-state index contributed by atoms with van der Waals surface area (Å²) in [6.45, 7) is 9.14. The molecule has 2 aromatic heterocycles. The molecule has 2 amide bonds. The molecule has 0 fully saturated rings. The maximum absolute atomic E-state index is 15.0. The molecule has 0 radical (unpaired) electrons. The van der Waals surface area contributed by atoms with E-state index in [0.717, 1.165) is 33.6 Å². The van der Waals surface area contributed by atoms with Crippen molar-refractivity contribution in [2.75, 3.05) is 9.80 Å². The number of Topliss-reactive ketones (excluding diaryl/α,β-unsaturated/α-hetero) is 1. The number of hydrogen-bond acceptors (Lipinski definition) is 7. The summed E-state index contributed by atoms with van der Waals surface area (Å²) in [7, 11) is 0. The van der Waals surface area contributed by atoms with Gasteiger partial charge in [-0.25, -0.2) is 4.98 Å². The van der Waals surface area contributed by atoms with Gasteiger partial charge in [0.2, 0.25) is 5.76 Å². The number of aryl methyl sites for hydroxylation is 4. The normalized spacial score (nSPS) is 17.3. The van der Waals surface area contributed by atoms with Crippen molar-refractivity contribution in [3.05, 3.63) is 121 Å². The molecule has 2 aliphatic heterocycles. The number of carbonyl (C=O) groups is 3. The molecule has 8 nitrogen and oxygen atoms in total. The van der Waals surface area contributed by atoms with Crippen LogP contribution >= 0.6 is 11.3 Å². The van der Waals surface area contributed by atoms with E-state index in [0.29, 0.717) is 21.8 Å². The lowest BCUT2D eigenvalue weighted by atomic mass is 9.84. The fraction of sp³-hybridized carbons (Fsp3) is 0.206. The van der Waals surface area contributed by atoms with Crippen molar-refractivity contribution in [3.63, 3.8) is 0 Å². The van der Waals surface area contributed by atoms with Crippen LogP contribution in [0, 0.1) is 27.7 Å². The third-order valence-corrected chi connectivity index (χ3v) is 9.74. The predicted molar refractivity (Wildman–Crippen MR) is 165 cm³/mol. The van der Waals surface area contributed by atoms with Crippen molar-refractivity contribution in [2.45, 2.75) is 46.7 Å². The molecule has 0 bridgehead atoms. The zero-order chi connectivity index (χ0) is 30.4. The van der Waals surface area contributed by atoms with E-state index in [4.69, 9.17) is 4.42 Å². The van der Waals surface area contributed by atoms with Crippen LogP contribution in [0.1, 0.15) is 66.2 Å². The van der Waals surface area contributed by atoms with Gasteiger partial charge in [0.25, 0.3) is 11.8 Å². The summed E-state index contributed by atoms with van der Waals surface area (Å²) in [5.74, 6) is -1.52. The van der Waals surface area contributed by atoms with Crippen molar-refractivity contribution in [3.8, 4) is 0 Å². The van der Waals surface area contributed by atoms with Crippen LogP contribution in [0.15, 0.2) is 69.9 Å². The highest BCUT2D eigenvalue weighted by Gasteiger charge is 2.66. The topological polar surface area (TPSA) is 101 Å². The van der Waals surface area contributed by atoms with Crippen LogP contribution in [0.25, 0.3) is 11.0 Å². The lowest BCUT2D eigenvalue weighted by Gasteiger charge is -2.32. The van der Waals surface area contributed by atoms with Gasteiger partial charge in [-0.2, -0.15) is 0 Å². The van der Waals surface area contributed by atoms with E-state index < -0.39 is 22.8 Å². The zero-order valence-electron chi connectivity index (χ0n) is 24.3. The van der Waals surface area contributed by atoms with Crippen molar-refractivity contribution >= 4 is 50.7 Å². The van der Waals surface area contributed by atoms with Crippen LogP contribution < -0.4 is 15.2 Å². The summed E-state index contributed by atoms with van der Waals surface area (Å²) >= 11 is 1.03. The Labute approximate surface area is 251 Å². The Morgan fingerprint density at radius 2 is 1.65 bits per heavy atom. The summed E-state index contributed by atoms with van der Waals surface area (Å²) in [6, 6.07) is 18.6. The molecule has 2 aliphatic rings. The van der Waals surface area contributed by atoms with Crippen molar-refractivity contribution in [2.24, 2.45) is 0 Å². The molecule has 9 heteroatoms. The molecule has 5 aromatic rings. The smallest absolute Gasteiger partial charge is 0.297 e. The molecule has 1 unspecified atom stereocenters. The minimum atomic E-state index is -1.88. The Balaban J connectivity index is 1.57. The fourth-order valence-corrected chi connectivity index (χ4v) is 7.27. The molecule has 1 atom stereocenters. The molecule has 0 saturated heterocycles. The van der Waals surface area contributed by atoms with Crippen LogP contribution in [-0.2, 0) is 16.9 Å². The number of rotatable bonds is 4. The first-order chi connectivity index (χ1) is 20.5. The van der Waals surface area contributed by atoms with Gasteiger partial charge in [-0.1, -0.05) is 59.4 Å². The maximum atomic E-state index is 15.0.